The van der Waals surface area contributed by atoms with Crippen LogP contribution < -0.4 is 10.5 Å². The van der Waals surface area contributed by atoms with Crippen molar-refractivity contribution in [1.29, 1.82) is 0 Å². The van der Waals surface area contributed by atoms with Crippen LogP contribution in [0.1, 0.15) is 19.4 Å². The predicted molar refractivity (Wildman–Crippen MR) is 108 cm³/mol. The molecule has 0 saturated carbocycles. The van der Waals surface area contributed by atoms with Crippen molar-refractivity contribution in [1.82, 2.24) is 5.01 Å². The number of fused-ring (bicyclic) bond motifs is 1. The second-order valence-electron chi connectivity index (χ2n) is 6.28. The Labute approximate surface area is 153 Å². The third-order valence-electron chi connectivity index (χ3n) is 4.33. The number of amidine groups is 1. The van der Waals surface area contributed by atoms with E-state index in [0.29, 0.717) is 17.2 Å². The van der Waals surface area contributed by atoms with Crippen LogP contribution >= 0.6 is 0 Å². The molecule has 134 valence electrons. The summed E-state index contributed by atoms with van der Waals surface area (Å²) in [6.07, 6.45) is 0. The van der Waals surface area contributed by atoms with Crippen molar-refractivity contribution in [2.75, 3.05) is 14.2 Å². The molecule has 6 heteroatoms. The molecule has 0 aliphatic carbocycles. The summed E-state index contributed by atoms with van der Waals surface area (Å²) >= 11 is 0. The third-order valence-corrected chi connectivity index (χ3v) is 4.33. The van der Waals surface area contributed by atoms with Gasteiger partial charge in [-0.15, -0.1) is 0 Å². The van der Waals surface area contributed by atoms with Gasteiger partial charge in [0.05, 0.1) is 12.7 Å². The van der Waals surface area contributed by atoms with Crippen molar-refractivity contribution < 1.29 is 4.74 Å². The van der Waals surface area contributed by atoms with E-state index in [1.807, 2.05) is 35.3 Å². The number of nitrogens with two attached hydrogens (primary N) is 1. The standard InChI is InChI=1S/C20H23N5O/c1-12(2)25-20(23-4)17(19(21)22-3)18(24-25)15-7-6-14-11-16(26-5)9-8-13(14)10-15/h6-12H,3,21H2,1-2,4-5H3/b19-17-,23-20+. The fourth-order valence-electron chi connectivity index (χ4n) is 3.01. The number of nitrogens with zero attached hydrogens (tertiary/aromatic N) is 4. The molecule has 3 rings (SSSR count). The molecule has 2 aromatic carbocycles. The maximum atomic E-state index is 6.13. The zero-order valence-electron chi connectivity index (χ0n) is 15.5. The lowest BCUT2D eigenvalue weighted by atomic mass is 9.99. The van der Waals surface area contributed by atoms with Gasteiger partial charge in [-0.1, -0.05) is 18.2 Å². The Morgan fingerprint density at radius 1 is 1.19 bits per heavy atom. The third kappa shape index (κ3) is 2.94. The summed E-state index contributed by atoms with van der Waals surface area (Å²) in [5.41, 5.74) is 8.55. The van der Waals surface area contributed by atoms with Gasteiger partial charge in [-0.2, -0.15) is 5.10 Å². The fraction of sp³-hybridized carbons (Fsp3) is 0.250. The second-order valence-corrected chi connectivity index (χ2v) is 6.28. The molecule has 0 aromatic heterocycles. The largest absolute Gasteiger partial charge is 0.497 e. The van der Waals surface area contributed by atoms with Gasteiger partial charge in [-0.25, -0.2) is 10.0 Å². The van der Waals surface area contributed by atoms with Crippen LogP contribution in [0.4, 0.5) is 0 Å². The van der Waals surface area contributed by atoms with Gasteiger partial charge >= 0.3 is 0 Å². The second kappa shape index (κ2) is 7.00. The highest BCUT2D eigenvalue weighted by Gasteiger charge is 2.32. The average Bonchev–Trinajstić information content (AvgIpc) is 3.06. The van der Waals surface area contributed by atoms with E-state index in [0.717, 1.165) is 27.8 Å². The monoisotopic (exact) mass is 349 g/mol. The van der Waals surface area contributed by atoms with E-state index in [-0.39, 0.29) is 6.04 Å². The lowest BCUT2D eigenvalue weighted by Crippen LogP contribution is -2.30. The van der Waals surface area contributed by atoms with Crippen molar-refractivity contribution >= 4 is 29.0 Å². The predicted octanol–water partition coefficient (Wildman–Crippen LogP) is 3.18. The molecule has 0 radical (unpaired) electrons. The van der Waals surface area contributed by atoms with Gasteiger partial charge < -0.3 is 10.5 Å². The molecular formula is C20H23N5O. The highest BCUT2D eigenvalue weighted by Crippen LogP contribution is 2.28. The molecule has 2 N–H and O–H groups in total. The van der Waals surface area contributed by atoms with Gasteiger partial charge in [0.25, 0.3) is 0 Å². The molecule has 1 aliphatic heterocycles. The summed E-state index contributed by atoms with van der Waals surface area (Å²) in [6.45, 7) is 7.68. The first-order valence-electron chi connectivity index (χ1n) is 8.40. The molecule has 2 aromatic rings. The van der Waals surface area contributed by atoms with Crippen LogP contribution in [0.15, 0.2) is 62.9 Å². The summed E-state index contributed by atoms with van der Waals surface area (Å²) in [4.78, 5) is 8.31. The number of benzene rings is 2. The summed E-state index contributed by atoms with van der Waals surface area (Å²) in [5, 5.41) is 8.82. The summed E-state index contributed by atoms with van der Waals surface area (Å²) in [5.74, 6) is 1.85. The van der Waals surface area contributed by atoms with Gasteiger partial charge in [0.2, 0.25) is 0 Å². The normalized spacial score (nSPS) is 17.8. The van der Waals surface area contributed by atoms with Crippen molar-refractivity contribution in [3.63, 3.8) is 0 Å². The van der Waals surface area contributed by atoms with Crippen molar-refractivity contribution in [3.8, 4) is 5.75 Å². The molecule has 0 unspecified atom stereocenters. The first-order chi connectivity index (χ1) is 12.5. The molecule has 0 bridgehead atoms. The van der Waals surface area contributed by atoms with E-state index in [4.69, 9.17) is 15.6 Å². The van der Waals surface area contributed by atoms with Crippen LogP contribution in [0.25, 0.3) is 10.8 Å². The lowest BCUT2D eigenvalue weighted by molar-refractivity contribution is 0.377. The van der Waals surface area contributed by atoms with Gasteiger partial charge in [0, 0.05) is 18.7 Å². The van der Waals surface area contributed by atoms with E-state index in [2.05, 4.69) is 36.6 Å². The first-order valence-corrected chi connectivity index (χ1v) is 8.40. The minimum atomic E-state index is 0.142. The Bertz CT molecular complexity index is 956. The zero-order valence-corrected chi connectivity index (χ0v) is 15.5. The van der Waals surface area contributed by atoms with E-state index in [1.165, 1.54) is 0 Å². The number of rotatable bonds is 4. The number of hydrogen-bond donors (Lipinski definition) is 1. The topological polar surface area (TPSA) is 75.6 Å². The lowest BCUT2D eigenvalue weighted by Gasteiger charge is -2.19. The smallest absolute Gasteiger partial charge is 0.157 e. The van der Waals surface area contributed by atoms with Crippen molar-refractivity contribution in [2.45, 2.75) is 19.9 Å². The quantitative estimate of drug-likeness (QED) is 0.862. The van der Waals surface area contributed by atoms with Crippen LogP contribution in [-0.2, 0) is 0 Å². The Morgan fingerprint density at radius 3 is 2.50 bits per heavy atom. The van der Waals surface area contributed by atoms with E-state index in [1.54, 1.807) is 14.2 Å². The van der Waals surface area contributed by atoms with Gasteiger partial charge in [0.15, 0.2) is 5.84 Å². The Balaban J connectivity index is 2.18. The van der Waals surface area contributed by atoms with Gasteiger partial charge in [-0.3, -0.25) is 4.99 Å². The van der Waals surface area contributed by atoms with Crippen molar-refractivity contribution in [3.05, 3.63) is 53.4 Å². The number of hydrazone groups is 1. The molecule has 0 amide bonds. The highest BCUT2D eigenvalue weighted by atomic mass is 16.5. The number of methoxy groups -OCH3 is 1. The van der Waals surface area contributed by atoms with E-state index >= 15 is 0 Å². The molecule has 6 nitrogen and oxygen atoms in total. The van der Waals surface area contributed by atoms with Crippen molar-refractivity contribution in [2.24, 2.45) is 20.8 Å². The van der Waals surface area contributed by atoms with Crippen LogP contribution in [0.5, 0.6) is 5.75 Å². The Morgan fingerprint density at radius 2 is 1.88 bits per heavy atom. The molecule has 0 fully saturated rings. The summed E-state index contributed by atoms with van der Waals surface area (Å²) in [6, 6.07) is 12.3. The fourth-order valence-corrected chi connectivity index (χ4v) is 3.01. The van der Waals surface area contributed by atoms with E-state index in [9.17, 15) is 0 Å². The zero-order chi connectivity index (χ0) is 18.8. The van der Waals surface area contributed by atoms with Crippen LogP contribution in [-0.4, -0.2) is 43.5 Å². The van der Waals surface area contributed by atoms with Gasteiger partial charge in [0.1, 0.15) is 17.3 Å². The number of aliphatic imine (C=N–C) groups is 2. The summed E-state index contributed by atoms with van der Waals surface area (Å²) in [7, 11) is 3.39. The maximum absolute atomic E-state index is 6.13. The molecule has 1 heterocycles. The summed E-state index contributed by atoms with van der Waals surface area (Å²) < 4.78 is 5.29. The molecule has 1 aliphatic rings. The Kier molecular flexibility index (Phi) is 4.75. The molecule has 0 atom stereocenters. The van der Waals surface area contributed by atoms with Crippen LogP contribution in [0, 0.1) is 0 Å². The minimum absolute atomic E-state index is 0.142. The molecule has 0 spiro atoms. The van der Waals surface area contributed by atoms with Crippen LogP contribution in [0.3, 0.4) is 0 Å². The average molecular weight is 349 g/mol. The number of hydrogen-bond acceptors (Lipinski definition) is 5. The van der Waals surface area contributed by atoms with E-state index < -0.39 is 0 Å². The number of ether oxygens (including phenoxy) is 1. The van der Waals surface area contributed by atoms with Gasteiger partial charge in [-0.05, 0) is 49.5 Å². The highest BCUT2D eigenvalue weighted by molar-refractivity contribution is 6.33. The molecular weight excluding hydrogens is 326 g/mol. The Hall–Kier alpha value is -3.15. The molecule has 26 heavy (non-hydrogen) atoms. The molecule has 0 saturated heterocycles. The first kappa shape index (κ1) is 17.7. The SMILES string of the molecule is C=N/C(N)=C1/C(c2ccc3cc(OC)ccc3c2)=NN(C(C)C)/C1=N/C. The van der Waals surface area contributed by atoms with Crippen LogP contribution in [0.2, 0.25) is 0 Å². The maximum Gasteiger partial charge on any atom is 0.157 e. The minimum Gasteiger partial charge on any atom is -0.497 e.